The van der Waals surface area contributed by atoms with Crippen molar-refractivity contribution in [3.05, 3.63) is 41.3 Å². The number of nitrogens with two attached hydrogens (primary N) is 1. The van der Waals surface area contributed by atoms with Crippen LogP contribution in [0.15, 0.2) is 24.3 Å². The van der Waals surface area contributed by atoms with Crippen molar-refractivity contribution in [2.24, 2.45) is 5.84 Å². The first-order valence-corrected chi connectivity index (χ1v) is 6.06. The molecular weight excluding hydrogens is 288 g/mol. The van der Waals surface area contributed by atoms with Crippen LogP contribution in [-0.2, 0) is 12.6 Å². The molecule has 0 atom stereocenters. The summed E-state index contributed by atoms with van der Waals surface area (Å²) in [6, 6.07) is 3.74. The molecule has 4 nitrogen and oxygen atoms in total. The van der Waals surface area contributed by atoms with Crippen LogP contribution in [0, 0.1) is 5.82 Å². The lowest BCUT2D eigenvalue weighted by molar-refractivity contribution is -0.137. The maximum Gasteiger partial charge on any atom is 0.416 e. The van der Waals surface area contributed by atoms with E-state index >= 15 is 0 Å². The fraction of sp³-hybridized carbons (Fsp3) is 0.231. The van der Waals surface area contributed by atoms with E-state index in [9.17, 15) is 17.6 Å². The van der Waals surface area contributed by atoms with E-state index in [2.05, 4.69) is 15.4 Å². The van der Waals surface area contributed by atoms with E-state index in [1.165, 1.54) is 0 Å². The maximum atomic E-state index is 13.4. The SMILES string of the molecule is CCc1cc(NN)nc(-c2cc(F)cc(C(F)(F)F)c2)n1. The molecule has 0 fully saturated rings. The number of halogens is 4. The average Bonchev–Trinajstić information content (AvgIpc) is 2.45. The predicted octanol–water partition coefficient (Wildman–Crippen LogP) is 3.15. The fourth-order valence-electron chi connectivity index (χ4n) is 1.76. The average molecular weight is 300 g/mol. The number of anilines is 1. The highest BCUT2D eigenvalue weighted by molar-refractivity contribution is 5.59. The Morgan fingerprint density at radius 1 is 1.14 bits per heavy atom. The standard InChI is InChI=1S/C13H12F4N4/c1-2-10-6-11(21-18)20-12(19-10)7-3-8(13(15,16)17)5-9(14)4-7/h3-6H,2,18H2,1H3,(H,19,20,21). The molecule has 1 heterocycles. The molecular formula is C13H12F4N4. The van der Waals surface area contributed by atoms with Crippen LogP contribution in [0.3, 0.4) is 0 Å². The fourth-order valence-corrected chi connectivity index (χ4v) is 1.76. The van der Waals surface area contributed by atoms with Crippen LogP contribution in [0.5, 0.6) is 0 Å². The van der Waals surface area contributed by atoms with Gasteiger partial charge in [-0.15, -0.1) is 0 Å². The lowest BCUT2D eigenvalue weighted by Gasteiger charge is -2.10. The van der Waals surface area contributed by atoms with Crippen LogP contribution < -0.4 is 11.3 Å². The minimum absolute atomic E-state index is 0.0210. The molecule has 0 bridgehead atoms. The molecule has 1 aromatic heterocycles. The van der Waals surface area contributed by atoms with Crippen LogP contribution in [0.25, 0.3) is 11.4 Å². The number of nitrogens with one attached hydrogen (secondary N) is 1. The van der Waals surface area contributed by atoms with Crippen LogP contribution in [-0.4, -0.2) is 9.97 Å². The van der Waals surface area contributed by atoms with Gasteiger partial charge in [0.15, 0.2) is 5.82 Å². The molecule has 0 amide bonds. The van der Waals surface area contributed by atoms with E-state index in [0.29, 0.717) is 18.2 Å². The molecule has 0 radical (unpaired) electrons. The summed E-state index contributed by atoms with van der Waals surface area (Å²) in [5.41, 5.74) is 1.73. The second-order valence-electron chi connectivity index (χ2n) is 4.29. The first-order valence-electron chi connectivity index (χ1n) is 6.06. The van der Waals surface area contributed by atoms with Gasteiger partial charge in [0.05, 0.1) is 5.56 Å². The van der Waals surface area contributed by atoms with Crippen molar-refractivity contribution in [3.63, 3.8) is 0 Å². The summed E-state index contributed by atoms with van der Waals surface area (Å²) in [6.45, 7) is 1.82. The summed E-state index contributed by atoms with van der Waals surface area (Å²) in [4.78, 5) is 8.05. The van der Waals surface area contributed by atoms with E-state index < -0.39 is 17.6 Å². The maximum absolute atomic E-state index is 13.4. The summed E-state index contributed by atoms with van der Waals surface area (Å²) in [5.74, 6) is 4.47. The molecule has 2 rings (SSSR count). The van der Waals surface area contributed by atoms with E-state index in [4.69, 9.17) is 5.84 Å². The first-order chi connectivity index (χ1) is 9.83. The zero-order valence-corrected chi connectivity index (χ0v) is 11.0. The van der Waals surface area contributed by atoms with Gasteiger partial charge in [0, 0.05) is 17.3 Å². The summed E-state index contributed by atoms with van der Waals surface area (Å²) in [7, 11) is 0. The zero-order chi connectivity index (χ0) is 15.6. The molecule has 21 heavy (non-hydrogen) atoms. The molecule has 0 saturated heterocycles. The van der Waals surface area contributed by atoms with Crippen LogP contribution >= 0.6 is 0 Å². The number of alkyl halides is 3. The topological polar surface area (TPSA) is 63.8 Å². The van der Waals surface area contributed by atoms with Crippen LogP contribution in [0.4, 0.5) is 23.4 Å². The lowest BCUT2D eigenvalue weighted by Crippen LogP contribution is -2.11. The summed E-state index contributed by atoms with van der Waals surface area (Å²) < 4.78 is 51.6. The first kappa shape index (κ1) is 15.2. The predicted molar refractivity (Wildman–Crippen MR) is 69.6 cm³/mol. The van der Waals surface area contributed by atoms with Crippen LogP contribution in [0.2, 0.25) is 0 Å². The van der Waals surface area contributed by atoms with Gasteiger partial charge >= 0.3 is 6.18 Å². The number of hydrogen-bond acceptors (Lipinski definition) is 4. The Morgan fingerprint density at radius 3 is 2.43 bits per heavy atom. The molecule has 0 unspecified atom stereocenters. The van der Waals surface area contributed by atoms with Crippen molar-refractivity contribution in [2.75, 3.05) is 5.43 Å². The van der Waals surface area contributed by atoms with Gasteiger partial charge in [-0.3, -0.25) is 0 Å². The van der Waals surface area contributed by atoms with E-state index in [-0.39, 0.29) is 17.2 Å². The number of rotatable bonds is 3. The summed E-state index contributed by atoms with van der Waals surface area (Å²) >= 11 is 0. The minimum Gasteiger partial charge on any atom is -0.308 e. The van der Waals surface area contributed by atoms with Gasteiger partial charge in [-0.1, -0.05) is 6.92 Å². The third kappa shape index (κ3) is 3.46. The molecule has 2 aromatic rings. The molecule has 0 aliphatic carbocycles. The summed E-state index contributed by atoms with van der Waals surface area (Å²) in [6.07, 6.45) is -4.11. The monoisotopic (exact) mass is 300 g/mol. The van der Waals surface area contributed by atoms with E-state index in [0.717, 1.165) is 12.1 Å². The Morgan fingerprint density at radius 2 is 1.86 bits per heavy atom. The molecule has 0 saturated carbocycles. The molecule has 0 aliphatic heterocycles. The Hall–Kier alpha value is -2.22. The molecule has 112 valence electrons. The number of aromatic nitrogens is 2. The molecule has 3 N–H and O–H groups in total. The third-order valence-electron chi connectivity index (χ3n) is 2.77. The van der Waals surface area contributed by atoms with Gasteiger partial charge < -0.3 is 5.43 Å². The number of hydrogen-bond donors (Lipinski definition) is 2. The molecule has 8 heteroatoms. The highest BCUT2D eigenvalue weighted by Crippen LogP contribution is 2.32. The van der Waals surface area contributed by atoms with Crippen LogP contribution in [0.1, 0.15) is 18.2 Å². The summed E-state index contributed by atoms with van der Waals surface area (Å²) in [5, 5.41) is 0. The Labute approximate surface area is 118 Å². The second-order valence-corrected chi connectivity index (χ2v) is 4.29. The minimum atomic E-state index is -4.64. The van der Waals surface area contributed by atoms with Crippen molar-refractivity contribution in [2.45, 2.75) is 19.5 Å². The Bertz CT molecular complexity index is 633. The van der Waals surface area contributed by atoms with Gasteiger partial charge in [0.25, 0.3) is 0 Å². The number of nitrogen functional groups attached to an aromatic ring is 1. The van der Waals surface area contributed by atoms with Gasteiger partial charge in [0.2, 0.25) is 0 Å². The van der Waals surface area contributed by atoms with Gasteiger partial charge in [-0.25, -0.2) is 20.2 Å². The number of hydrazine groups is 1. The smallest absolute Gasteiger partial charge is 0.308 e. The van der Waals surface area contributed by atoms with E-state index in [1.807, 2.05) is 6.92 Å². The Kier molecular flexibility index (Phi) is 4.08. The third-order valence-corrected chi connectivity index (χ3v) is 2.77. The van der Waals surface area contributed by atoms with Crippen molar-refractivity contribution >= 4 is 5.82 Å². The van der Waals surface area contributed by atoms with Gasteiger partial charge in [-0.05, 0) is 24.6 Å². The molecule has 0 aliphatic rings. The zero-order valence-electron chi connectivity index (χ0n) is 11.0. The van der Waals surface area contributed by atoms with Crippen molar-refractivity contribution in [3.8, 4) is 11.4 Å². The highest BCUT2D eigenvalue weighted by Gasteiger charge is 2.31. The number of nitrogens with zero attached hydrogens (tertiary/aromatic N) is 2. The molecule has 0 spiro atoms. The van der Waals surface area contributed by atoms with Gasteiger partial charge in [-0.2, -0.15) is 13.2 Å². The second kappa shape index (κ2) is 5.65. The quantitative estimate of drug-likeness (QED) is 0.519. The van der Waals surface area contributed by atoms with Gasteiger partial charge in [0.1, 0.15) is 11.6 Å². The van der Waals surface area contributed by atoms with Crippen molar-refractivity contribution < 1.29 is 17.6 Å². The lowest BCUT2D eigenvalue weighted by atomic mass is 10.1. The normalized spacial score (nSPS) is 11.5. The number of benzene rings is 1. The van der Waals surface area contributed by atoms with Crippen molar-refractivity contribution in [1.29, 1.82) is 0 Å². The van der Waals surface area contributed by atoms with Crippen molar-refractivity contribution in [1.82, 2.24) is 9.97 Å². The Balaban J connectivity index is 2.58. The highest BCUT2D eigenvalue weighted by atomic mass is 19.4. The largest absolute Gasteiger partial charge is 0.416 e. The van der Waals surface area contributed by atoms with E-state index in [1.54, 1.807) is 6.07 Å². The molecule has 1 aromatic carbocycles. The number of aryl methyl sites for hydroxylation is 1.